The van der Waals surface area contributed by atoms with Gasteiger partial charge in [-0.15, -0.1) is 0 Å². The van der Waals surface area contributed by atoms with Crippen molar-refractivity contribution in [2.24, 2.45) is 5.41 Å². The number of likely N-dealkylation sites (N-methyl/N-ethyl adjacent to an activating group) is 1. The first-order valence-corrected chi connectivity index (χ1v) is 10.2. The zero-order valence-electron chi connectivity index (χ0n) is 17.1. The molecule has 0 unspecified atom stereocenters. The number of piperidine rings is 2. The average molecular weight is 383 g/mol. The molecule has 2 aliphatic heterocycles. The van der Waals surface area contributed by atoms with E-state index in [2.05, 4.69) is 59.2 Å². The fraction of sp³-hybridized carbons (Fsp3) is 0.545. The maximum absolute atomic E-state index is 12.1. The third kappa shape index (κ3) is 3.35. The summed E-state index contributed by atoms with van der Waals surface area (Å²) in [5.74, 6) is -0.616. The summed E-state index contributed by atoms with van der Waals surface area (Å²) in [6, 6.07) is 10.7. The Kier molecular flexibility index (Phi) is 5.02. The Balaban J connectivity index is 1.52. The first-order valence-electron chi connectivity index (χ1n) is 10.2. The first-order chi connectivity index (χ1) is 13.4. The van der Waals surface area contributed by atoms with Gasteiger partial charge in [-0.25, -0.2) is 4.68 Å². The largest absolute Gasteiger partial charge is 0.481 e. The van der Waals surface area contributed by atoms with Gasteiger partial charge in [-0.3, -0.25) is 9.69 Å². The van der Waals surface area contributed by atoms with Gasteiger partial charge in [0.15, 0.2) is 0 Å². The molecule has 0 radical (unpaired) electrons. The molecule has 2 aromatic rings. The number of rotatable bonds is 4. The minimum absolute atomic E-state index is 0.0895. The highest BCUT2D eigenvalue weighted by atomic mass is 16.4. The molecule has 0 amide bonds. The molecule has 150 valence electrons. The maximum Gasteiger partial charge on any atom is 0.311 e. The number of nitrogens with zero attached hydrogens (tertiary/aromatic N) is 4. The van der Waals surface area contributed by atoms with Gasteiger partial charge in [0.05, 0.1) is 16.8 Å². The quantitative estimate of drug-likeness (QED) is 0.881. The molecule has 1 aromatic carbocycles. The molecule has 2 atom stereocenters. The summed E-state index contributed by atoms with van der Waals surface area (Å²) < 4.78 is 1.99. The molecule has 2 fully saturated rings. The van der Waals surface area contributed by atoms with Gasteiger partial charge >= 0.3 is 5.97 Å². The van der Waals surface area contributed by atoms with E-state index >= 15 is 0 Å². The third-order valence-corrected chi connectivity index (χ3v) is 6.61. The molecule has 1 N–H and O–H groups in total. The molecule has 2 aliphatic rings. The highest BCUT2D eigenvalue weighted by Gasteiger charge is 2.52. The standard InChI is InChI=1S/C22H30N4O2/c1-16-12-17(2)26(23-16)19-7-4-6-18(13-19)14-25-11-9-22(21(27)28)8-5-10-24(3)20(22)15-25/h4,6-7,12-13,20H,5,8-11,14-15H2,1-3H3,(H,27,28)/t20-,22+/m1/s1. The lowest BCUT2D eigenvalue weighted by Gasteiger charge is -2.51. The van der Waals surface area contributed by atoms with Crippen LogP contribution in [0.4, 0.5) is 0 Å². The van der Waals surface area contributed by atoms with E-state index < -0.39 is 11.4 Å². The Morgan fingerprint density at radius 2 is 2.07 bits per heavy atom. The average Bonchev–Trinajstić information content (AvgIpc) is 3.01. The Morgan fingerprint density at radius 3 is 2.79 bits per heavy atom. The van der Waals surface area contributed by atoms with Crippen LogP contribution in [0.5, 0.6) is 0 Å². The fourth-order valence-corrected chi connectivity index (χ4v) is 5.12. The van der Waals surface area contributed by atoms with Gasteiger partial charge in [-0.05, 0) is 77.0 Å². The van der Waals surface area contributed by atoms with Crippen LogP contribution in [0.25, 0.3) is 5.69 Å². The molecule has 28 heavy (non-hydrogen) atoms. The topological polar surface area (TPSA) is 61.6 Å². The molecule has 3 heterocycles. The zero-order chi connectivity index (χ0) is 19.9. The summed E-state index contributed by atoms with van der Waals surface area (Å²) in [6.07, 6.45) is 2.51. The van der Waals surface area contributed by atoms with Crippen LogP contribution in [0.2, 0.25) is 0 Å². The Labute approximate surface area is 166 Å². The molecule has 0 saturated carbocycles. The van der Waals surface area contributed by atoms with Crippen LogP contribution in [0.3, 0.4) is 0 Å². The number of carboxylic acid groups (broad SMARTS) is 1. The van der Waals surface area contributed by atoms with Gasteiger partial charge in [-0.2, -0.15) is 5.10 Å². The predicted octanol–water partition coefficient (Wildman–Crippen LogP) is 2.86. The van der Waals surface area contributed by atoms with Crippen molar-refractivity contribution in [2.75, 3.05) is 26.7 Å². The maximum atomic E-state index is 12.1. The molecular formula is C22H30N4O2. The molecule has 1 aromatic heterocycles. The van der Waals surface area contributed by atoms with E-state index in [0.29, 0.717) is 0 Å². The number of carboxylic acids is 1. The number of hydrogen-bond donors (Lipinski definition) is 1. The molecule has 2 saturated heterocycles. The minimum Gasteiger partial charge on any atom is -0.481 e. The monoisotopic (exact) mass is 382 g/mol. The second kappa shape index (κ2) is 7.33. The summed E-state index contributed by atoms with van der Waals surface area (Å²) >= 11 is 0. The summed E-state index contributed by atoms with van der Waals surface area (Å²) in [5, 5.41) is 14.5. The van der Waals surface area contributed by atoms with Crippen LogP contribution in [0.1, 0.15) is 36.2 Å². The summed E-state index contributed by atoms with van der Waals surface area (Å²) in [7, 11) is 2.08. The second-order valence-electron chi connectivity index (χ2n) is 8.56. The van der Waals surface area contributed by atoms with E-state index in [9.17, 15) is 9.90 Å². The van der Waals surface area contributed by atoms with Crippen LogP contribution in [-0.2, 0) is 11.3 Å². The lowest BCUT2D eigenvalue weighted by molar-refractivity contribution is -0.162. The number of aromatic nitrogens is 2. The number of aliphatic carboxylic acids is 1. The van der Waals surface area contributed by atoms with Gasteiger partial charge in [0, 0.05) is 24.8 Å². The van der Waals surface area contributed by atoms with Crippen molar-refractivity contribution >= 4 is 5.97 Å². The van der Waals surface area contributed by atoms with Crippen molar-refractivity contribution in [3.8, 4) is 5.69 Å². The Bertz CT molecular complexity index is 877. The van der Waals surface area contributed by atoms with Crippen molar-refractivity contribution < 1.29 is 9.90 Å². The normalized spacial score (nSPS) is 26.2. The zero-order valence-corrected chi connectivity index (χ0v) is 17.1. The van der Waals surface area contributed by atoms with E-state index in [1.54, 1.807) is 0 Å². The van der Waals surface area contributed by atoms with E-state index in [4.69, 9.17) is 0 Å². The van der Waals surface area contributed by atoms with E-state index in [1.165, 1.54) is 5.56 Å². The highest BCUT2D eigenvalue weighted by Crippen LogP contribution is 2.42. The molecule has 6 heteroatoms. The Hall–Kier alpha value is -2.18. The van der Waals surface area contributed by atoms with Gasteiger partial charge in [0.1, 0.15) is 0 Å². The molecule has 0 bridgehead atoms. The number of likely N-dealkylation sites (tertiary alicyclic amines) is 2. The van der Waals surface area contributed by atoms with Crippen molar-refractivity contribution in [2.45, 2.75) is 45.7 Å². The van der Waals surface area contributed by atoms with Gasteiger partial charge in [-0.1, -0.05) is 12.1 Å². The lowest BCUT2D eigenvalue weighted by Crippen LogP contribution is -2.62. The van der Waals surface area contributed by atoms with Crippen molar-refractivity contribution in [3.63, 3.8) is 0 Å². The fourth-order valence-electron chi connectivity index (χ4n) is 5.12. The van der Waals surface area contributed by atoms with E-state index in [-0.39, 0.29) is 6.04 Å². The molecule has 4 rings (SSSR count). The van der Waals surface area contributed by atoms with Gasteiger partial charge in [0.2, 0.25) is 0 Å². The number of aryl methyl sites for hydroxylation is 2. The summed E-state index contributed by atoms with van der Waals surface area (Å²) in [6.45, 7) is 7.56. The summed E-state index contributed by atoms with van der Waals surface area (Å²) in [4.78, 5) is 16.8. The van der Waals surface area contributed by atoms with Crippen LogP contribution in [-0.4, -0.2) is 63.4 Å². The number of benzene rings is 1. The number of hydrogen-bond acceptors (Lipinski definition) is 4. The summed E-state index contributed by atoms with van der Waals surface area (Å²) in [5.41, 5.74) is 3.89. The van der Waals surface area contributed by atoms with Crippen LogP contribution < -0.4 is 0 Å². The highest BCUT2D eigenvalue weighted by molar-refractivity contribution is 5.76. The molecule has 0 spiro atoms. The van der Waals surface area contributed by atoms with Crippen molar-refractivity contribution in [1.29, 1.82) is 0 Å². The van der Waals surface area contributed by atoms with Crippen LogP contribution >= 0.6 is 0 Å². The third-order valence-electron chi connectivity index (χ3n) is 6.61. The molecular weight excluding hydrogens is 352 g/mol. The smallest absolute Gasteiger partial charge is 0.311 e. The Morgan fingerprint density at radius 1 is 1.25 bits per heavy atom. The van der Waals surface area contributed by atoms with E-state index in [0.717, 1.165) is 62.5 Å². The SMILES string of the molecule is Cc1cc(C)n(-c2cccc(CN3CC[C@@]4(C(=O)O)CCCN(C)[C@@H]4C3)c2)n1. The molecule has 0 aliphatic carbocycles. The van der Waals surface area contributed by atoms with Gasteiger partial charge < -0.3 is 10.0 Å². The van der Waals surface area contributed by atoms with Gasteiger partial charge in [0.25, 0.3) is 0 Å². The molecule has 6 nitrogen and oxygen atoms in total. The van der Waals surface area contributed by atoms with Crippen molar-refractivity contribution in [1.82, 2.24) is 19.6 Å². The van der Waals surface area contributed by atoms with E-state index in [1.807, 2.05) is 11.6 Å². The van der Waals surface area contributed by atoms with Crippen LogP contribution in [0.15, 0.2) is 30.3 Å². The first kappa shape index (κ1) is 19.2. The number of carbonyl (C=O) groups is 1. The second-order valence-corrected chi connectivity index (χ2v) is 8.56. The predicted molar refractivity (Wildman–Crippen MR) is 109 cm³/mol. The lowest BCUT2D eigenvalue weighted by atomic mass is 9.68. The van der Waals surface area contributed by atoms with Crippen molar-refractivity contribution in [3.05, 3.63) is 47.3 Å². The minimum atomic E-state index is -0.616. The van der Waals surface area contributed by atoms with Crippen LogP contribution in [0, 0.1) is 19.3 Å². The number of fused-ring (bicyclic) bond motifs is 1.